The van der Waals surface area contributed by atoms with Crippen molar-refractivity contribution in [1.29, 1.82) is 0 Å². The fourth-order valence-electron chi connectivity index (χ4n) is 3.30. The SMILES string of the molecule is COc1cccc(NC(=O)c2ccc3c(c2)CC(c2ccc(F)cc2)OC3=O)c1. The van der Waals surface area contributed by atoms with Crippen molar-refractivity contribution in [3.05, 3.63) is 94.8 Å². The molecule has 0 radical (unpaired) electrons. The van der Waals surface area contributed by atoms with Crippen LogP contribution in [-0.2, 0) is 11.2 Å². The van der Waals surface area contributed by atoms with Gasteiger partial charge in [-0.1, -0.05) is 18.2 Å². The summed E-state index contributed by atoms with van der Waals surface area (Å²) in [6, 6.07) is 17.8. The minimum absolute atomic E-state index is 0.293. The number of halogens is 1. The number of methoxy groups -OCH3 is 1. The Morgan fingerprint density at radius 3 is 2.66 bits per heavy atom. The fraction of sp³-hybridized carbons (Fsp3) is 0.130. The van der Waals surface area contributed by atoms with Crippen molar-refractivity contribution in [2.45, 2.75) is 12.5 Å². The molecule has 0 aromatic heterocycles. The molecule has 0 bridgehead atoms. The number of hydrogen-bond acceptors (Lipinski definition) is 4. The smallest absolute Gasteiger partial charge is 0.339 e. The first-order valence-corrected chi connectivity index (χ1v) is 9.08. The maximum atomic E-state index is 13.2. The van der Waals surface area contributed by atoms with Crippen LogP contribution < -0.4 is 10.1 Å². The molecule has 1 amide bonds. The van der Waals surface area contributed by atoms with Gasteiger partial charge < -0.3 is 14.8 Å². The zero-order valence-corrected chi connectivity index (χ0v) is 15.6. The van der Waals surface area contributed by atoms with E-state index in [0.29, 0.717) is 40.1 Å². The van der Waals surface area contributed by atoms with Crippen LogP contribution in [0.4, 0.5) is 10.1 Å². The van der Waals surface area contributed by atoms with Crippen molar-refractivity contribution in [2.24, 2.45) is 0 Å². The number of carbonyl (C=O) groups excluding carboxylic acids is 2. The molecule has 1 N–H and O–H groups in total. The van der Waals surface area contributed by atoms with E-state index < -0.39 is 12.1 Å². The second-order valence-corrected chi connectivity index (χ2v) is 6.71. The summed E-state index contributed by atoms with van der Waals surface area (Å²) in [5.74, 6) is -0.468. The summed E-state index contributed by atoms with van der Waals surface area (Å²) >= 11 is 0. The topological polar surface area (TPSA) is 64.6 Å². The van der Waals surface area contributed by atoms with E-state index in [1.54, 1.807) is 61.7 Å². The van der Waals surface area contributed by atoms with Crippen LogP contribution in [0, 0.1) is 5.82 Å². The zero-order chi connectivity index (χ0) is 20.4. The molecule has 3 aromatic carbocycles. The molecular formula is C23H18FNO4. The van der Waals surface area contributed by atoms with Gasteiger partial charge in [-0.3, -0.25) is 4.79 Å². The highest BCUT2D eigenvalue weighted by Gasteiger charge is 2.28. The number of fused-ring (bicyclic) bond motifs is 1. The van der Waals surface area contributed by atoms with Gasteiger partial charge in [0.15, 0.2) is 0 Å². The number of amides is 1. The molecule has 1 aliphatic heterocycles. The lowest BCUT2D eigenvalue weighted by Crippen LogP contribution is -2.23. The highest BCUT2D eigenvalue weighted by atomic mass is 19.1. The van der Waals surface area contributed by atoms with Crippen molar-refractivity contribution < 1.29 is 23.5 Å². The van der Waals surface area contributed by atoms with Gasteiger partial charge in [0, 0.05) is 23.7 Å². The minimum atomic E-state index is -0.521. The molecule has 0 saturated heterocycles. The van der Waals surface area contributed by atoms with Crippen LogP contribution in [0.3, 0.4) is 0 Å². The number of nitrogens with one attached hydrogen (secondary N) is 1. The van der Waals surface area contributed by atoms with Crippen LogP contribution in [0.2, 0.25) is 0 Å². The average Bonchev–Trinajstić information content (AvgIpc) is 2.74. The second-order valence-electron chi connectivity index (χ2n) is 6.71. The van der Waals surface area contributed by atoms with Crippen LogP contribution in [-0.4, -0.2) is 19.0 Å². The fourth-order valence-corrected chi connectivity index (χ4v) is 3.30. The predicted octanol–water partition coefficient (Wildman–Crippen LogP) is 4.54. The summed E-state index contributed by atoms with van der Waals surface area (Å²) < 4.78 is 23.8. The van der Waals surface area contributed by atoms with Crippen LogP contribution in [0.15, 0.2) is 66.7 Å². The molecule has 1 unspecified atom stereocenters. The molecule has 0 saturated carbocycles. The summed E-state index contributed by atoms with van der Waals surface area (Å²) in [6.45, 7) is 0. The molecule has 1 aliphatic rings. The third-order valence-corrected chi connectivity index (χ3v) is 4.81. The molecule has 1 heterocycles. The van der Waals surface area contributed by atoms with E-state index in [9.17, 15) is 14.0 Å². The van der Waals surface area contributed by atoms with Crippen molar-refractivity contribution >= 4 is 17.6 Å². The van der Waals surface area contributed by atoms with Crippen molar-refractivity contribution in [2.75, 3.05) is 12.4 Å². The first-order valence-electron chi connectivity index (χ1n) is 9.08. The van der Waals surface area contributed by atoms with Gasteiger partial charge in [0.25, 0.3) is 5.91 Å². The van der Waals surface area contributed by atoms with Crippen molar-refractivity contribution in [3.8, 4) is 5.75 Å². The van der Waals surface area contributed by atoms with E-state index in [4.69, 9.17) is 9.47 Å². The Labute approximate surface area is 167 Å². The number of carbonyl (C=O) groups is 2. The van der Waals surface area contributed by atoms with Gasteiger partial charge in [-0.05, 0) is 53.6 Å². The summed E-state index contributed by atoms with van der Waals surface area (Å²) in [5.41, 5.74) is 2.89. The zero-order valence-electron chi connectivity index (χ0n) is 15.6. The molecule has 146 valence electrons. The molecule has 0 aliphatic carbocycles. The quantitative estimate of drug-likeness (QED) is 0.663. The van der Waals surface area contributed by atoms with Gasteiger partial charge in [-0.25, -0.2) is 9.18 Å². The number of hydrogen-bond donors (Lipinski definition) is 1. The van der Waals surface area contributed by atoms with E-state index in [0.717, 1.165) is 0 Å². The monoisotopic (exact) mass is 391 g/mol. The number of ether oxygens (including phenoxy) is 2. The highest BCUT2D eigenvalue weighted by Crippen LogP contribution is 2.31. The number of anilines is 1. The number of cyclic esters (lactones) is 1. The Bertz CT molecular complexity index is 1080. The lowest BCUT2D eigenvalue weighted by atomic mass is 9.93. The van der Waals surface area contributed by atoms with Crippen LogP contribution in [0.1, 0.15) is 37.9 Å². The van der Waals surface area contributed by atoms with Gasteiger partial charge in [0.2, 0.25) is 0 Å². The lowest BCUT2D eigenvalue weighted by molar-refractivity contribution is 0.0252. The first-order chi connectivity index (χ1) is 14.0. The summed E-state index contributed by atoms with van der Waals surface area (Å²) in [4.78, 5) is 25.0. The lowest BCUT2D eigenvalue weighted by Gasteiger charge is -2.25. The Kier molecular flexibility index (Phi) is 4.99. The molecule has 0 spiro atoms. The molecule has 29 heavy (non-hydrogen) atoms. The van der Waals surface area contributed by atoms with E-state index in [2.05, 4.69) is 5.32 Å². The van der Waals surface area contributed by atoms with E-state index in [1.807, 2.05) is 0 Å². The van der Waals surface area contributed by atoms with Crippen molar-refractivity contribution in [1.82, 2.24) is 0 Å². The minimum Gasteiger partial charge on any atom is -0.497 e. The highest BCUT2D eigenvalue weighted by molar-refractivity contribution is 6.05. The van der Waals surface area contributed by atoms with Crippen LogP contribution >= 0.6 is 0 Å². The van der Waals surface area contributed by atoms with Crippen LogP contribution in [0.5, 0.6) is 5.75 Å². The van der Waals surface area contributed by atoms with Gasteiger partial charge in [0.1, 0.15) is 17.7 Å². The van der Waals surface area contributed by atoms with Gasteiger partial charge in [-0.15, -0.1) is 0 Å². The Morgan fingerprint density at radius 1 is 1.10 bits per heavy atom. The van der Waals surface area contributed by atoms with Gasteiger partial charge in [-0.2, -0.15) is 0 Å². The molecule has 4 rings (SSSR count). The third kappa shape index (κ3) is 3.96. The molecule has 1 atom stereocenters. The molecule has 5 nitrogen and oxygen atoms in total. The Balaban J connectivity index is 1.57. The second kappa shape index (κ2) is 7.75. The normalized spacial score (nSPS) is 15.2. The Morgan fingerprint density at radius 2 is 1.90 bits per heavy atom. The van der Waals surface area contributed by atoms with Crippen LogP contribution in [0.25, 0.3) is 0 Å². The first kappa shape index (κ1) is 18.7. The molecule has 3 aromatic rings. The van der Waals surface area contributed by atoms with Gasteiger partial charge >= 0.3 is 5.97 Å². The van der Waals surface area contributed by atoms with Gasteiger partial charge in [0.05, 0.1) is 12.7 Å². The number of benzene rings is 3. The van der Waals surface area contributed by atoms with Crippen molar-refractivity contribution in [3.63, 3.8) is 0 Å². The Hall–Kier alpha value is -3.67. The van der Waals surface area contributed by atoms with E-state index in [-0.39, 0.29) is 11.7 Å². The summed E-state index contributed by atoms with van der Waals surface area (Å²) in [5, 5.41) is 2.82. The van der Waals surface area contributed by atoms with E-state index >= 15 is 0 Å². The summed E-state index contributed by atoms with van der Waals surface area (Å²) in [6.07, 6.45) is -0.111. The molecule has 6 heteroatoms. The van der Waals surface area contributed by atoms with E-state index in [1.165, 1.54) is 12.1 Å². The summed E-state index contributed by atoms with van der Waals surface area (Å²) in [7, 11) is 1.56. The third-order valence-electron chi connectivity index (χ3n) is 4.81. The average molecular weight is 391 g/mol. The standard InChI is InChI=1S/C23H18FNO4/c1-28-19-4-2-3-18(13-19)25-22(26)15-7-10-20-16(11-15)12-21(29-23(20)27)14-5-8-17(24)9-6-14/h2-11,13,21H,12H2,1H3,(H,25,26). The number of esters is 1. The molecule has 0 fully saturated rings. The number of rotatable bonds is 4. The largest absolute Gasteiger partial charge is 0.497 e. The maximum Gasteiger partial charge on any atom is 0.339 e. The molecular weight excluding hydrogens is 373 g/mol. The predicted molar refractivity (Wildman–Crippen MR) is 106 cm³/mol. The maximum absolute atomic E-state index is 13.2.